The van der Waals surface area contributed by atoms with Crippen molar-refractivity contribution >= 4 is 28.4 Å². The average Bonchev–Trinajstić information content (AvgIpc) is 3.82. The number of pyridine rings is 1. The minimum Gasteiger partial charge on any atom is -0.500 e. The second-order valence-electron chi connectivity index (χ2n) is 15.4. The number of nitrogens with one attached hydrogen (secondary N) is 1. The quantitative estimate of drug-likeness (QED) is 0.135. The Kier molecular flexibility index (Phi) is 20.7. The molecule has 1 unspecified atom stereocenters. The number of carbonyl (C=O) groups excluding carboxylic acids is 1. The molecular weight excluding hydrogens is 641 g/mol. The first-order chi connectivity index (χ1) is 24.9. The Bertz CT molecular complexity index is 1470. The molecule has 1 atom stereocenters. The molecule has 0 saturated heterocycles. The summed E-state index contributed by atoms with van der Waals surface area (Å²) >= 11 is 0. The van der Waals surface area contributed by atoms with Crippen LogP contribution in [0.3, 0.4) is 0 Å². The van der Waals surface area contributed by atoms with Crippen LogP contribution in [-0.2, 0) is 4.74 Å². The molecule has 2 aromatic rings. The van der Waals surface area contributed by atoms with Crippen molar-refractivity contribution in [3.05, 3.63) is 70.5 Å². The van der Waals surface area contributed by atoms with E-state index in [9.17, 15) is 4.79 Å². The van der Waals surface area contributed by atoms with Crippen LogP contribution < -0.4 is 10.2 Å². The molecule has 1 aromatic carbocycles. The van der Waals surface area contributed by atoms with E-state index in [1.54, 1.807) is 7.11 Å². The van der Waals surface area contributed by atoms with Gasteiger partial charge in [0.2, 0.25) is 0 Å². The fraction of sp³-hybridized carbons (Fsp3) is 0.630. The number of hydrogen-bond acceptors (Lipinski definition) is 5. The summed E-state index contributed by atoms with van der Waals surface area (Å²) in [5.41, 5.74) is 8.06. The Hall–Kier alpha value is -3.41. The number of carbonyl (C=O) groups is 1. The predicted octanol–water partition coefficient (Wildman–Crippen LogP) is 12.5. The van der Waals surface area contributed by atoms with Gasteiger partial charge in [0.1, 0.15) is 30.7 Å². The van der Waals surface area contributed by atoms with Gasteiger partial charge in [-0.2, -0.15) is 0 Å². The third-order valence-electron chi connectivity index (χ3n) is 10.7. The van der Waals surface area contributed by atoms with E-state index in [1.807, 2.05) is 19.1 Å². The number of nitrogens with zero attached hydrogens (tertiary/aromatic N) is 3. The van der Waals surface area contributed by atoms with Gasteiger partial charge < -0.3 is 15.0 Å². The summed E-state index contributed by atoms with van der Waals surface area (Å²) in [6.45, 7) is 20.6. The number of unbranched alkanes of at least 4 members (excludes halogenated alkanes) is 3. The van der Waals surface area contributed by atoms with E-state index in [1.165, 1.54) is 75.5 Å². The van der Waals surface area contributed by atoms with Crippen molar-refractivity contribution in [2.45, 2.75) is 152 Å². The second-order valence-corrected chi connectivity index (χ2v) is 15.4. The van der Waals surface area contributed by atoms with Crippen molar-refractivity contribution in [2.75, 3.05) is 38.0 Å². The molecule has 3 aliphatic rings. The number of hydrogen-bond donors (Lipinski definition) is 1. The Balaban J connectivity index is 0.000000426. The number of allylic oxidation sites excluding steroid dienone is 2. The normalized spacial score (nSPS) is 16.3. The van der Waals surface area contributed by atoms with E-state index in [4.69, 9.17) is 9.72 Å². The molecule has 0 spiro atoms. The van der Waals surface area contributed by atoms with E-state index in [0.29, 0.717) is 6.42 Å². The molecule has 1 fully saturated rings. The highest BCUT2D eigenvalue weighted by Gasteiger charge is 2.27. The summed E-state index contributed by atoms with van der Waals surface area (Å²) < 4.78 is 7.89. The summed E-state index contributed by atoms with van der Waals surface area (Å²) in [6.07, 6.45) is 19.4. The zero-order valence-electron chi connectivity index (χ0n) is 35.4. The Morgan fingerprint density at radius 3 is 2.19 bits per heavy atom. The van der Waals surface area contributed by atoms with Gasteiger partial charge in [0.05, 0.1) is 30.6 Å². The lowest BCUT2D eigenvalue weighted by Gasteiger charge is -2.18. The molecule has 52 heavy (non-hydrogen) atoms. The summed E-state index contributed by atoms with van der Waals surface area (Å²) in [4.78, 5) is 20.0. The van der Waals surface area contributed by atoms with Gasteiger partial charge in [-0.3, -0.25) is 9.78 Å². The van der Waals surface area contributed by atoms with Crippen molar-refractivity contribution < 1.29 is 14.1 Å². The lowest BCUT2D eigenvalue weighted by atomic mass is 9.93. The van der Waals surface area contributed by atoms with Crippen LogP contribution in [0.5, 0.6) is 0 Å². The molecule has 3 heterocycles. The Labute approximate surface area is 319 Å². The van der Waals surface area contributed by atoms with Crippen LogP contribution in [0.2, 0.25) is 0 Å². The van der Waals surface area contributed by atoms with Gasteiger partial charge in [0, 0.05) is 31.6 Å². The molecule has 5 rings (SSSR count). The van der Waals surface area contributed by atoms with E-state index in [2.05, 4.69) is 109 Å². The fourth-order valence-corrected chi connectivity index (χ4v) is 6.40. The fourth-order valence-electron chi connectivity index (χ4n) is 6.40. The first-order valence-electron chi connectivity index (χ1n) is 20.5. The number of aromatic nitrogens is 1. The number of methoxy groups -OCH3 is 1. The number of aryl methyl sites for hydroxylation is 2. The number of fused-ring (bicyclic) bond motifs is 1. The lowest BCUT2D eigenvalue weighted by molar-refractivity contribution is -0.497. The van der Waals surface area contributed by atoms with Gasteiger partial charge in [0.15, 0.2) is 11.5 Å². The highest BCUT2D eigenvalue weighted by Crippen LogP contribution is 2.36. The second kappa shape index (κ2) is 24.0. The highest BCUT2D eigenvalue weighted by atomic mass is 16.5. The van der Waals surface area contributed by atoms with Gasteiger partial charge in [-0.1, -0.05) is 112 Å². The first-order valence-corrected chi connectivity index (χ1v) is 20.5. The summed E-state index contributed by atoms with van der Waals surface area (Å²) in [5.74, 6) is 3.95. The minimum atomic E-state index is 0.151. The molecule has 6 heteroatoms. The lowest BCUT2D eigenvalue weighted by Crippen LogP contribution is -2.25. The van der Waals surface area contributed by atoms with E-state index in [0.717, 1.165) is 83.1 Å². The van der Waals surface area contributed by atoms with Crippen LogP contribution in [0, 0.1) is 25.7 Å². The molecule has 6 nitrogen and oxygen atoms in total. The molecule has 1 N–H and O–H groups in total. The average molecular weight is 716 g/mol. The summed E-state index contributed by atoms with van der Waals surface area (Å²) in [6, 6.07) is 10.2. The minimum absolute atomic E-state index is 0.151. The van der Waals surface area contributed by atoms with Crippen molar-refractivity contribution in [1.82, 2.24) is 4.98 Å². The van der Waals surface area contributed by atoms with E-state index in [-0.39, 0.29) is 5.78 Å². The molecule has 1 saturated carbocycles. The largest absolute Gasteiger partial charge is 0.500 e. The molecule has 1 aromatic heterocycles. The number of benzene rings is 1. The summed E-state index contributed by atoms with van der Waals surface area (Å²) in [5, 5.41) is 3.47. The van der Waals surface area contributed by atoms with Crippen LogP contribution in [0.15, 0.2) is 48.0 Å². The van der Waals surface area contributed by atoms with Gasteiger partial charge in [-0.25, -0.2) is 4.58 Å². The highest BCUT2D eigenvalue weighted by molar-refractivity contribution is 6.20. The van der Waals surface area contributed by atoms with Crippen molar-refractivity contribution in [1.29, 1.82) is 0 Å². The van der Waals surface area contributed by atoms with Gasteiger partial charge >= 0.3 is 0 Å². The molecule has 2 aliphatic heterocycles. The smallest absolute Gasteiger partial charge is 0.185 e. The maximum Gasteiger partial charge on any atom is 0.185 e. The zero-order valence-corrected chi connectivity index (χ0v) is 35.4. The van der Waals surface area contributed by atoms with Gasteiger partial charge in [-0.05, 0) is 74.4 Å². The molecule has 0 bridgehead atoms. The van der Waals surface area contributed by atoms with E-state index < -0.39 is 0 Å². The zero-order chi connectivity index (χ0) is 38.6. The Morgan fingerprint density at radius 2 is 1.62 bits per heavy atom. The maximum atomic E-state index is 13.1. The number of rotatable bonds is 12. The molecule has 1 aliphatic carbocycles. The van der Waals surface area contributed by atoms with Crippen molar-refractivity contribution in [3.63, 3.8) is 0 Å². The Morgan fingerprint density at radius 1 is 0.962 bits per heavy atom. The molecule has 290 valence electrons. The number of ketones is 1. The van der Waals surface area contributed by atoms with Crippen LogP contribution in [0.1, 0.15) is 166 Å². The van der Waals surface area contributed by atoms with Crippen LogP contribution >= 0.6 is 0 Å². The predicted molar refractivity (Wildman–Crippen MR) is 226 cm³/mol. The SMILES string of the molecule is C1CCCC1.CCCC.CCCCC(C)C(C)C.COC1=C(c2cc(C(=O)CCC/C=C3/Nc4ccc(C)cc4N3C)cc(C)n2)C(C)=[N+](C)CC1. The third kappa shape index (κ3) is 14.5. The molecule has 0 amide bonds. The van der Waals surface area contributed by atoms with Gasteiger partial charge in [-0.15, -0.1) is 0 Å². The maximum absolute atomic E-state index is 13.1. The van der Waals surface area contributed by atoms with Crippen LogP contribution in [-0.4, -0.2) is 48.8 Å². The van der Waals surface area contributed by atoms with Gasteiger partial charge in [0.25, 0.3) is 0 Å². The monoisotopic (exact) mass is 716 g/mol. The summed E-state index contributed by atoms with van der Waals surface area (Å²) in [7, 11) is 5.86. The standard InChI is InChI=1S/C28H35N4O2.C9H20.C5H10.C4H10/c1-18-11-12-22-24(15-18)32(5)27(30-22)10-8-7-9-25(33)21-16-19(2)29-23(17-21)28-20(3)31(4)14-13-26(28)34-6;1-5-6-7-9(4)8(2)3;1-2-4-5-3-1;1-3-4-2/h10-12,15-17,30H,7-9,13-14H2,1-6H3;8-9H,5-7H2,1-4H3;1-5H2;3-4H2,1-2H3/q+1;;;/b27-10-;;;. The van der Waals surface area contributed by atoms with Crippen LogP contribution in [0.4, 0.5) is 11.4 Å². The molecule has 0 radical (unpaired) electrons. The van der Waals surface area contributed by atoms with E-state index >= 15 is 0 Å². The van der Waals surface area contributed by atoms with Crippen LogP contribution in [0.25, 0.3) is 5.57 Å². The van der Waals surface area contributed by atoms with Crippen molar-refractivity contribution in [2.24, 2.45) is 11.8 Å². The number of Topliss-reactive ketones (excluding diaryl/α,β-unsaturated/α-hetero) is 1. The number of anilines is 2. The topological polar surface area (TPSA) is 57.5 Å². The first kappa shape index (κ1) is 44.7. The third-order valence-corrected chi connectivity index (χ3v) is 10.7. The molecular formula is C46H75N4O2+. The number of ether oxygens (including phenoxy) is 1. The van der Waals surface area contributed by atoms with Crippen molar-refractivity contribution in [3.8, 4) is 0 Å².